The SMILES string of the molecule is CC(C)(C)C#CC(C(=O)C1CCCCC1)=S(C)(C)=O. The summed E-state index contributed by atoms with van der Waals surface area (Å²) in [5.41, 5.74) is -0.178. The van der Waals surface area contributed by atoms with Crippen LogP contribution in [-0.4, -0.2) is 27.4 Å². The molecule has 0 radical (unpaired) electrons. The van der Waals surface area contributed by atoms with Gasteiger partial charge in [0.05, 0.1) is 0 Å². The van der Waals surface area contributed by atoms with Gasteiger partial charge in [-0.25, -0.2) is 0 Å². The van der Waals surface area contributed by atoms with E-state index in [0.29, 0.717) is 4.86 Å². The van der Waals surface area contributed by atoms with Crippen LogP contribution in [0.15, 0.2) is 0 Å². The lowest BCUT2D eigenvalue weighted by Crippen LogP contribution is -2.29. The van der Waals surface area contributed by atoms with Crippen molar-refractivity contribution < 1.29 is 9.00 Å². The molecule has 1 rings (SSSR count). The zero-order chi connectivity index (χ0) is 14.7. The smallest absolute Gasteiger partial charge is 0.182 e. The lowest BCUT2D eigenvalue weighted by Gasteiger charge is -2.20. The lowest BCUT2D eigenvalue weighted by atomic mass is 9.85. The first kappa shape index (κ1) is 16.3. The number of hydrogen-bond donors (Lipinski definition) is 0. The first-order chi connectivity index (χ1) is 8.61. The number of hydrogen-bond acceptors (Lipinski definition) is 2. The Morgan fingerprint density at radius 1 is 1.11 bits per heavy atom. The molecule has 0 aromatic heterocycles. The van der Waals surface area contributed by atoms with Crippen molar-refractivity contribution in [3.8, 4) is 11.8 Å². The Bertz CT molecular complexity index is 503. The highest BCUT2D eigenvalue weighted by molar-refractivity contribution is 8.02. The van der Waals surface area contributed by atoms with E-state index in [0.717, 1.165) is 25.7 Å². The van der Waals surface area contributed by atoms with E-state index in [4.69, 9.17) is 0 Å². The van der Waals surface area contributed by atoms with Crippen molar-refractivity contribution in [2.75, 3.05) is 12.5 Å². The molecule has 108 valence electrons. The third-order valence-corrected chi connectivity index (χ3v) is 4.53. The molecule has 0 N–H and O–H groups in total. The molecule has 0 amide bonds. The number of ketones is 1. The van der Waals surface area contributed by atoms with Crippen LogP contribution in [0.1, 0.15) is 52.9 Å². The van der Waals surface area contributed by atoms with Crippen LogP contribution < -0.4 is 0 Å². The van der Waals surface area contributed by atoms with Crippen LogP contribution in [0.2, 0.25) is 0 Å². The summed E-state index contributed by atoms with van der Waals surface area (Å²) < 4.78 is 12.3. The van der Waals surface area contributed by atoms with Gasteiger partial charge in [-0.05, 0) is 43.1 Å². The zero-order valence-electron chi connectivity index (χ0n) is 12.8. The standard InChI is InChI=1S/C16H26O2S/c1-16(2,3)12-11-14(19(4,5)18)15(17)13-9-7-6-8-10-13/h13H,6-10H2,1-5H3. The van der Waals surface area contributed by atoms with Gasteiger partial charge in [-0.3, -0.25) is 9.00 Å². The van der Waals surface area contributed by atoms with E-state index < -0.39 is 9.52 Å². The van der Waals surface area contributed by atoms with Crippen molar-refractivity contribution in [1.82, 2.24) is 0 Å². The molecular formula is C16H26O2S. The van der Waals surface area contributed by atoms with Gasteiger partial charge in [0.15, 0.2) is 5.78 Å². The minimum absolute atomic E-state index is 0.0338. The summed E-state index contributed by atoms with van der Waals surface area (Å²) in [5, 5.41) is 0. The number of rotatable bonds is 2. The molecular weight excluding hydrogens is 256 g/mol. The van der Waals surface area contributed by atoms with Crippen molar-refractivity contribution in [3.05, 3.63) is 0 Å². The van der Waals surface area contributed by atoms with Crippen molar-refractivity contribution in [1.29, 1.82) is 0 Å². The monoisotopic (exact) mass is 282 g/mol. The predicted octanol–water partition coefficient (Wildman–Crippen LogP) is 2.90. The first-order valence-electron chi connectivity index (χ1n) is 7.00. The van der Waals surface area contributed by atoms with Crippen molar-refractivity contribution in [2.45, 2.75) is 52.9 Å². The third-order valence-electron chi connectivity index (χ3n) is 3.24. The fourth-order valence-corrected chi connectivity index (χ4v) is 3.17. The molecule has 0 aromatic carbocycles. The quantitative estimate of drug-likeness (QED) is 0.576. The Hall–Kier alpha value is -0.750. The van der Waals surface area contributed by atoms with E-state index in [1.165, 1.54) is 6.42 Å². The van der Waals surface area contributed by atoms with Crippen molar-refractivity contribution >= 4 is 20.2 Å². The highest BCUT2D eigenvalue weighted by Gasteiger charge is 2.26. The van der Waals surface area contributed by atoms with E-state index in [1.54, 1.807) is 12.5 Å². The summed E-state index contributed by atoms with van der Waals surface area (Å²) in [7, 11) is -2.29. The molecule has 2 nitrogen and oxygen atoms in total. The Balaban J connectivity index is 3.10. The van der Waals surface area contributed by atoms with Gasteiger partial charge in [0.25, 0.3) is 0 Å². The van der Waals surface area contributed by atoms with Gasteiger partial charge in [-0.2, -0.15) is 0 Å². The third kappa shape index (κ3) is 5.40. The normalized spacial score (nSPS) is 17.5. The molecule has 1 aliphatic carbocycles. The molecule has 1 saturated carbocycles. The molecule has 0 aromatic rings. The van der Waals surface area contributed by atoms with Crippen LogP contribution in [0.5, 0.6) is 0 Å². The Morgan fingerprint density at radius 3 is 2.05 bits per heavy atom. The fourth-order valence-electron chi connectivity index (χ4n) is 2.22. The minimum Gasteiger partial charge on any atom is -0.292 e. The van der Waals surface area contributed by atoms with Crippen molar-refractivity contribution in [3.63, 3.8) is 0 Å². The molecule has 3 heteroatoms. The van der Waals surface area contributed by atoms with Crippen LogP contribution in [0.3, 0.4) is 0 Å². The van der Waals surface area contributed by atoms with Crippen molar-refractivity contribution in [2.24, 2.45) is 11.3 Å². The topological polar surface area (TPSA) is 34.1 Å². The number of carbonyl (C=O) groups is 1. The van der Waals surface area contributed by atoms with E-state index in [-0.39, 0.29) is 17.1 Å². The zero-order valence-corrected chi connectivity index (χ0v) is 13.7. The fraction of sp³-hybridized carbons (Fsp3) is 0.750. The molecule has 19 heavy (non-hydrogen) atoms. The highest BCUT2D eigenvalue weighted by Crippen LogP contribution is 2.25. The average molecular weight is 282 g/mol. The molecule has 0 bridgehead atoms. The molecule has 0 aliphatic heterocycles. The van der Waals surface area contributed by atoms with Gasteiger partial charge in [-0.15, -0.1) is 0 Å². The molecule has 0 unspecified atom stereocenters. The molecule has 0 spiro atoms. The lowest BCUT2D eigenvalue weighted by molar-refractivity contribution is -0.117. The summed E-state index contributed by atoms with van der Waals surface area (Å²) >= 11 is 0. The van der Waals surface area contributed by atoms with Gasteiger partial charge < -0.3 is 0 Å². The van der Waals surface area contributed by atoms with E-state index >= 15 is 0 Å². The van der Waals surface area contributed by atoms with Crippen LogP contribution in [0, 0.1) is 23.2 Å². The maximum Gasteiger partial charge on any atom is 0.182 e. The minimum atomic E-state index is -2.29. The maximum atomic E-state index is 12.5. The van der Waals surface area contributed by atoms with E-state index in [1.807, 2.05) is 20.8 Å². The van der Waals surface area contributed by atoms with Gasteiger partial charge in [-0.1, -0.05) is 31.1 Å². The summed E-state index contributed by atoms with van der Waals surface area (Å²) in [6.45, 7) is 5.99. The second-order valence-electron chi connectivity index (χ2n) is 6.76. The second-order valence-corrected chi connectivity index (χ2v) is 9.64. The number of carbonyl (C=O) groups excluding carboxylic acids is 1. The average Bonchev–Trinajstić information content (AvgIpc) is 2.26. The summed E-state index contributed by atoms with van der Waals surface area (Å²) in [4.78, 5) is 12.9. The van der Waals surface area contributed by atoms with Gasteiger partial charge in [0.1, 0.15) is 4.86 Å². The molecule has 1 aliphatic rings. The molecule has 0 atom stereocenters. The van der Waals surface area contributed by atoms with E-state index in [2.05, 4.69) is 11.8 Å². The second kappa shape index (κ2) is 6.13. The Kier molecular flexibility index (Phi) is 5.26. The van der Waals surface area contributed by atoms with Gasteiger partial charge in [0.2, 0.25) is 0 Å². The number of Topliss-reactive ketones (excluding diaryl/α,β-unsaturated/α-hetero) is 1. The van der Waals surface area contributed by atoms with Crippen LogP contribution in [0.4, 0.5) is 0 Å². The summed E-state index contributed by atoms with van der Waals surface area (Å²) in [6.07, 6.45) is 8.52. The largest absolute Gasteiger partial charge is 0.292 e. The maximum absolute atomic E-state index is 12.5. The highest BCUT2D eigenvalue weighted by atomic mass is 32.2. The Morgan fingerprint density at radius 2 is 1.63 bits per heavy atom. The predicted molar refractivity (Wildman–Crippen MR) is 83.8 cm³/mol. The van der Waals surface area contributed by atoms with Crippen LogP contribution >= 0.6 is 0 Å². The molecule has 1 fully saturated rings. The van der Waals surface area contributed by atoms with Gasteiger partial charge >= 0.3 is 0 Å². The summed E-state index contributed by atoms with van der Waals surface area (Å²) in [5.74, 6) is 6.07. The van der Waals surface area contributed by atoms with Gasteiger partial charge in [0, 0.05) is 23.8 Å². The Labute approximate surface area is 118 Å². The van der Waals surface area contributed by atoms with Crippen LogP contribution in [-0.2, 0) is 14.3 Å². The van der Waals surface area contributed by atoms with Crippen LogP contribution in [0.25, 0.3) is 0 Å². The first-order valence-corrected chi connectivity index (χ1v) is 9.37. The van der Waals surface area contributed by atoms with E-state index in [9.17, 15) is 9.00 Å². The summed E-state index contributed by atoms with van der Waals surface area (Å²) in [6, 6.07) is 0. The molecule has 0 saturated heterocycles. The molecule has 0 heterocycles.